The molecule has 516 valence electrons. The Labute approximate surface area is 554 Å². The van der Waals surface area contributed by atoms with E-state index >= 15 is 0 Å². The van der Waals surface area contributed by atoms with Gasteiger partial charge in [0.05, 0.1) is 13.2 Å². The van der Waals surface area contributed by atoms with Gasteiger partial charge in [0.25, 0.3) is 0 Å². The summed E-state index contributed by atoms with van der Waals surface area (Å²) in [5.41, 5.74) is 5.41. The van der Waals surface area contributed by atoms with Gasteiger partial charge in [-0.15, -0.1) is 0 Å². The molecule has 0 aromatic carbocycles. The Hall–Kier alpha value is -3.85. The molecule has 0 amide bonds. The zero-order valence-corrected chi connectivity index (χ0v) is 59.0. The van der Waals surface area contributed by atoms with E-state index in [1.54, 1.807) is 0 Å². The zero-order chi connectivity index (χ0) is 65.1. The van der Waals surface area contributed by atoms with Crippen LogP contribution in [0.1, 0.15) is 328 Å². The lowest BCUT2D eigenvalue weighted by Crippen LogP contribution is -2.29. The summed E-state index contributed by atoms with van der Waals surface area (Å²) < 4.78 is 33.2. The van der Waals surface area contributed by atoms with Gasteiger partial charge in [0.1, 0.15) is 6.61 Å². The Kier molecular flexibility index (Phi) is 71.0. The summed E-state index contributed by atoms with van der Waals surface area (Å²) in [5.74, 6) is -0.835. The van der Waals surface area contributed by atoms with Crippen molar-refractivity contribution in [2.75, 3.05) is 26.4 Å². The second-order valence-electron chi connectivity index (χ2n) is 24.4. The molecule has 3 N–H and O–H groups in total. The molecule has 9 nitrogen and oxygen atoms in total. The molecular formula is C80H138NO8P. The van der Waals surface area contributed by atoms with Crippen LogP contribution in [0.4, 0.5) is 0 Å². The molecule has 0 rings (SSSR count). The average molecular weight is 1270 g/mol. The van der Waals surface area contributed by atoms with Crippen LogP contribution in [-0.4, -0.2) is 49.3 Å². The minimum absolute atomic E-state index is 0.0470. The number of phosphoric acid groups is 1. The molecule has 0 saturated carbocycles. The fourth-order valence-corrected chi connectivity index (χ4v) is 11.1. The van der Waals surface area contributed by atoms with E-state index in [4.69, 9.17) is 24.3 Å². The molecule has 0 aromatic rings. The third-order valence-corrected chi connectivity index (χ3v) is 16.8. The number of carbonyl (C=O) groups is 2. The number of nitrogens with two attached hydrogens (primary N) is 1. The van der Waals surface area contributed by atoms with Crippen molar-refractivity contribution in [3.63, 3.8) is 0 Å². The highest BCUT2D eigenvalue weighted by molar-refractivity contribution is 7.47. The predicted molar refractivity (Wildman–Crippen MR) is 390 cm³/mol. The summed E-state index contributed by atoms with van der Waals surface area (Å²) in [4.78, 5) is 35.4. The van der Waals surface area contributed by atoms with Crippen molar-refractivity contribution in [3.8, 4) is 0 Å². The molecule has 2 unspecified atom stereocenters. The topological polar surface area (TPSA) is 134 Å². The number of carbonyl (C=O) groups excluding carboxylic acids is 2. The SMILES string of the molecule is CC/C=C\C/C=C\C/C=C\C/C=C\C/C=C\C/C=C\C/C=C\C/C=C\C/C=C\C/C=C\C/C=C\CCCCCCCCCC(=O)OC(COC(=O)CCCCCCCCCCCCCCCCCCCCCCCCCCCCCC)COP(=O)(O)OCCN. The van der Waals surface area contributed by atoms with E-state index in [2.05, 4.69) is 148 Å². The number of hydrogen-bond acceptors (Lipinski definition) is 8. The molecule has 0 heterocycles. The van der Waals surface area contributed by atoms with Crippen molar-refractivity contribution < 1.29 is 37.6 Å². The minimum Gasteiger partial charge on any atom is -0.462 e. The number of esters is 2. The van der Waals surface area contributed by atoms with Crippen molar-refractivity contribution in [1.29, 1.82) is 0 Å². The molecule has 0 saturated heterocycles. The standard InChI is InChI=1S/C80H138NO8P/c1-3-5-7-9-11-13-15-17-19-21-23-25-27-29-31-33-34-35-36-37-38-39-40-41-42-43-44-45-47-49-51-53-55-57-59-61-63-65-67-69-71-73-80(83)89-78(77-88-90(84,85)87-75-74-81)76-86-79(82)72-70-68-66-64-62-60-58-56-54-52-50-48-46-32-30-28-26-24-22-20-18-16-14-12-10-8-6-4-2/h5,7,11,13,17,19,23,25,29,31,34-35,37-38,40-41,43-44,47,49,53,55,78H,3-4,6,8-10,12,14-16,18,20-22,24,26-28,30,32-33,36,39,42,45-46,48,50-52,54,56-77,81H2,1-2H3,(H,84,85)/b7-5-,13-11-,19-17-,25-23-,31-29-,35-34-,38-37-,41-40-,44-43-,49-47-,55-53-. The Balaban J connectivity index is 3.94. The van der Waals surface area contributed by atoms with Crippen LogP contribution in [0.2, 0.25) is 0 Å². The number of ether oxygens (including phenoxy) is 2. The molecule has 2 atom stereocenters. The maximum Gasteiger partial charge on any atom is 0.472 e. The van der Waals surface area contributed by atoms with Crippen LogP contribution in [0.3, 0.4) is 0 Å². The maximum atomic E-state index is 12.8. The van der Waals surface area contributed by atoms with Crippen LogP contribution in [-0.2, 0) is 32.7 Å². The maximum absolute atomic E-state index is 12.8. The summed E-state index contributed by atoms with van der Waals surface area (Å²) in [6.07, 6.45) is 106. The molecule has 0 aromatic heterocycles. The van der Waals surface area contributed by atoms with Crippen LogP contribution in [0.15, 0.2) is 134 Å². The quantitative estimate of drug-likeness (QED) is 0.0264. The highest BCUT2D eigenvalue weighted by Gasteiger charge is 2.26. The normalized spacial score (nSPS) is 13.7. The van der Waals surface area contributed by atoms with Crippen molar-refractivity contribution in [3.05, 3.63) is 134 Å². The molecule has 0 radical (unpaired) electrons. The van der Waals surface area contributed by atoms with Crippen molar-refractivity contribution in [2.45, 2.75) is 335 Å². The molecule has 0 bridgehead atoms. The lowest BCUT2D eigenvalue weighted by Gasteiger charge is -2.19. The lowest BCUT2D eigenvalue weighted by molar-refractivity contribution is -0.161. The number of rotatable bonds is 69. The van der Waals surface area contributed by atoms with Gasteiger partial charge in [-0.2, -0.15) is 0 Å². The van der Waals surface area contributed by atoms with E-state index in [9.17, 15) is 19.0 Å². The first-order chi connectivity index (χ1) is 44.3. The van der Waals surface area contributed by atoms with Crippen molar-refractivity contribution in [2.24, 2.45) is 5.73 Å². The molecule has 0 aliphatic carbocycles. The van der Waals surface area contributed by atoms with Crippen LogP contribution in [0.5, 0.6) is 0 Å². The van der Waals surface area contributed by atoms with Gasteiger partial charge >= 0.3 is 19.8 Å². The van der Waals surface area contributed by atoms with Gasteiger partial charge in [-0.05, 0) is 96.3 Å². The summed E-state index contributed by atoms with van der Waals surface area (Å²) in [5, 5.41) is 0. The zero-order valence-electron chi connectivity index (χ0n) is 58.1. The second kappa shape index (κ2) is 74.2. The first-order valence-electron chi connectivity index (χ1n) is 37.2. The molecular weight excluding hydrogens is 1130 g/mol. The molecule has 90 heavy (non-hydrogen) atoms. The highest BCUT2D eigenvalue weighted by Crippen LogP contribution is 2.43. The van der Waals surface area contributed by atoms with Gasteiger partial charge in [-0.1, -0.05) is 353 Å². The third kappa shape index (κ3) is 73.2. The largest absolute Gasteiger partial charge is 0.472 e. The monoisotopic (exact) mass is 1270 g/mol. The number of unbranched alkanes of at least 4 members (excludes halogenated alkanes) is 34. The van der Waals surface area contributed by atoms with E-state index in [1.165, 1.54) is 180 Å². The third-order valence-electron chi connectivity index (χ3n) is 15.8. The van der Waals surface area contributed by atoms with Crippen LogP contribution >= 0.6 is 7.82 Å². The van der Waals surface area contributed by atoms with Gasteiger partial charge in [0, 0.05) is 19.4 Å². The van der Waals surface area contributed by atoms with Crippen LogP contribution in [0.25, 0.3) is 0 Å². The first kappa shape index (κ1) is 86.2. The molecule has 0 fully saturated rings. The first-order valence-corrected chi connectivity index (χ1v) is 38.7. The average Bonchev–Trinajstić information content (AvgIpc) is 3.68. The van der Waals surface area contributed by atoms with Crippen LogP contribution < -0.4 is 5.73 Å². The Morgan fingerprint density at radius 3 is 0.911 bits per heavy atom. The van der Waals surface area contributed by atoms with Crippen molar-refractivity contribution in [1.82, 2.24) is 0 Å². The van der Waals surface area contributed by atoms with Gasteiger partial charge in [-0.25, -0.2) is 4.57 Å². The predicted octanol–water partition coefficient (Wildman–Crippen LogP) is 24.8. The van der Waals surface area contributed by atoms with E-state index in [0.29, 0.717) is 6.42 Å². The van der Waals surface area contributed by atoms with E-state index in [0.717, 1.165) is 116 Å². The number of hydrogen-bond donors (Lipinski definition) is 2. The summed E-state index contributed by atoms with van der Waals surface area (Å²) in [7, 11) is -4.40. The summed E-state index contributed by atoms with van der Waals surface area (Å²) in [6.45, 7) is 3.65. The summed E-state index contributed by atoms with van der Waals surface area (Å²) in [6, 6.07) is 0. The molecule has 0 aliphatic heterocycles. The molecule has 10 heteroatoms. The second-order valence-corrected chi connectivity index (χ2v) is 25.9. The molecule has 0 spiro atoms. The fourth-order valence-electron chi connectivity index (χ4n) is 10.4. The lowest BCUT2D eigenvalue weighted by atomic mass is 10.0. The highest BCUT2D eigenvalue weighted by atomic mass is 31.2. The molecule has 0 aliphatic rings. The summed E-state index contributed by atoms with van der Waals surface area (Å²) >= 11 is 0. The number of allylic oxidation sites excluding steroid dienone is 22. The van der Waals surface area contributed by atoms with Gasteiger partial charge < -0.3 is 20.1 Å². The minimum atomic E-state index is -4.40. The van der Waals surface area contributed by atoms with Gasteiger partial charge in [0.15, 0.2) is 6.10 Å². The van der Waals surface area contributed by atoms with Crippen molar-refractivity contribution >= 4 is 19.8 Å². The van der Waals surface area contributed by atoms with Crippen LogP contribution in [0, 0.1) is 0 Å². The Bertz CT molecular complexity index is 1940. The van der Waals surface area contributed by atoms with Gasteiger partial charge in [-0.3, -0.25) is 18.6 Å². The Morgan fingerprint density at radius 2 is 0.611 bits per heavy atom. The Morgan fingerprint density at radius 1 is 0.344 bits per heavy atom. The number of phosphoric ester groups is 1. The van der Waals surface area contributed by atoms with E-state index in [1.807, 2.05) is 0 Å². The van der Waals surface area contributed by atoms with E-state index in [-0.39, 0.29) is 38.6 Å². The fraction of sp³-hybridized carbons (Fsp3) is 0.700. The van der Waals surface area contributed by atoms with E-state index < -0.39 is 26.5 Å². The smallest absolute Gasteiger partial charge is 0.462 e. The van der Waals surface area contributed by atoms with Gasteiger partial charge in [0.2, 0.25) is 0 Å².